The van der Waals surface area contributed by atoms with E-state index in [1.807, 2.05) is 0 Å². The summed E-state index contributed by atoms with van der Waals surface area (Å²) in [5.41, 5.74) is 7.59. The Balaban J connectivity index is 1.37. The third-order valence-corrected chi connectivity index (χ3v) is 8.51. The Morgan fingerprint density at radius 2 is 1.46 bits per heavy atom. The Morgan fingerprint density at radius 3 is 2.05 bits per heavy atom. The third-order valence-electron chi connectivity index (χ3n) is 8.51. The molecule has 2 fully saturated rings. The van der Waals surface area contributed by atoms with E-state index in [4.69, 9.17) is 18.9 Å². The molecule has 5 rings (SSSR count). The van der Waals surface area contributed by atoms with Gasteiger partial charge >= 0.3 is 0 Å². The number of nitrogens with zero attached hydrogens (tertiary/aromatic N) is 1. The number of anilines is 1. The lowest BCUT2D eigenvalue weighted by Crippen LogP contribution is -2.35. The molecule has 0 aromatic heterocycles. The molecule has 5 nitrogen and oxygen atoms in total. The molecular formula is C36H45NO4. The van der Waals surface area contributed by atoms with E-state index in [2.05, 4.69) is 90.7 Å². The fourth-order valence-electron chi connectivity index (χ4n) is 6.16. The molecule has 0 N–H and O–H groups in total. The molecule has 0 saturated carbocycles. The summed E-state index contributed by atoms with van der Waals surface area (Å²) in [6, 6.07) is 28.5. The van der Waals surface area contributed by atoms with Crippen molar-refractivity contribution in [2.75, 3.05) is 38.8 Å². The van der Waals surface area contributed by atoms with Crippen molar-refractivity contribution in [3.8, 4) is 5.75 Å². The van der Waals surface area contributed by atoms with Crippen LogP contribution in [0.25, 0.3) is 11.1 Å². The number of allylic oxidation sites excluding steroid dienone is 1. The molecule has 0 bridgehead atoms. The molecule has 2 saturated heterocycles. The van der Waals surface area contributed by atoms with E-state index in [-0.39, 0.29) is 12.6 Å². The smallest absolute Gasteiger partial charge is 0.199 e. The van der Waals surface area contributed by atoms with Gasteiger partial charge in [-0.05, 0) is 90.1 Å². The predicted octanol–water partition coefficient (Wildman–Crippen LogP) is 8.19. The minimum absolute atomic E-state index is 0.102. The van der Waals surface area contributed by atoms with Crippen LogP contribution in [0.4, 0.5) is 5.69 Å². The molecule has 0 amide bonds. The van der Waals surface area contributed by atoms with E-state index in [0.29, 0.717) is 5.92 Å². The highest BCUT2D eigenvalue weighted by molar-refractivity contribution is 5.98. The standard InChI is InChI=1S/C36H45NO4/c1-4-33(28-10-6-5-7-11-28)36(30-15-19-32(20-16-30)41-34-12-8-9-25-40-34)29-13-17-31(18-14-29)37-23-21-27(22-24-37)26-35(38-2)39-3/h5-7,10-11,13-20,27,34-35H,4,8-9,12,21-26H2,1-3H3/b36-33+. The lowest BCUT2D eigenvalue weighted by molar-refractivity contribution is -0.115. The van der Waals surface area contributed by atoms with Crippen LogP contribution in [0, 0.1) is 5.92 Å². The largest absolute Gasteiger partial charge is 0.465 e. The maximum atomic E-state index is 6.13. The van der Waals surface area contributed by atoms with Crippen molar-refractivity contribution >= 4 is 16.8 Å². The summed E-state index contributed by atoms with van der Waals surface area (Å²) in [6.45, 7) is 5.14. The summed E-state index contributed by atoms with van der Waals surface area (Å²) >= 11 is 0. The van der Waals surface area contributed by atoms with E-state index in [9.17, 15) is 0 Å². The summed E-state index contributed by atoms with van der Waals surface area (Å²) < 4.78 is 22.8. The number of methoxy groups -OCH3 is 2. The zero-order valence-electron chi connectivity index (χ0n) is 24.9. The van der Waals surface area contributed by atoms with Crippen LogP contribution in [0.3, 0.4) is 0 Å². The molecular weight excluding hydrogens is 510 g/mol. The SMILES string of the molecule is CC/C(=C(\c1ccc(OC2CCCCO2)cc1)c1ccc(N2CCC(CC(OC)OC)CC2)cc1)c1ccccc1. The van der Waals surface area contributed by atoms with Gasteiger partial charge in [0.25, 0.3) is 0 Å². The average molecular weight is 556 g/mol. The summed E-state index contributed by atoms with van der Waals surface area (Å²) in [4.78, 5) is 2.51. The summed E-state index contributed by atoms with van der Waals surface area (Å²) in [7, 11) is 3.45. The highest BCUT2D eigenvalue weighted by atomic mass is 16.7. The Bertz CT molecular complexity index is 1220. The van der Waals surface area contributed by atoms with Crippen LogP contribution in [-0.2, 0) is 14.2 Å². The molecule has 2 aliphatic rings. The van der Waals surface area contributed by atoms with Crippen LogP contribution in [0.5, 0.6) is 5.75 Å². The lowest BCUT2D eigenvalue weighted by atomic mass is 9.88. The number of hydrogen-bond acceptors (Lipinski definition) is 5. The third kappa shape index (κ3) is 7.59. The second-order valence-corrected chi connectivity index (χ2v) is 11.1. The van der Waals surface area contributed by atoms with Crippen molar-refractivity contribution in [2.45, 2.75) is 64.4 Å². The van der Waals surface area contributed by atoms with E-state index in [1.54, 1.807) is 14.2 Å². The van der Waals surface area contributed by atoms with E-state index in [1.165, 1.54) is 33.5 Å². The highest BCUT2D eigenvalue weighted by Crippen LogP contribution is 2.36. The van der Waals surface area contributed by atoms with Gasteiger partial charge in [0.15, 0.2) is 12.6 Å². The van der Waals surface area contributed by atoms with Crippen LogP contribution >= 0.6 is 0 Å². The van der Waals surface area contributed by atoms with Crippen LogP contribution in [-0.4, -0.2) is 46.5 Å². The molecule has 0 spiro atoms. The molecule has 2 aliphatic heterocycles. The predicted molar refractivity (Wildman–Crippen MR) is 167 cm³/mol. The van der Waals surface area contributed by atoms with Crippen LogP contribution in [0.2, 0.25) is 0 Å². The van der Waals surface area contributed by atoms with Crippen molar-refractivity contribution < 1.29 is 18.9 Å². The summed E-state index contributed by atoms with van der Waals surface area (Å²) in [6.07, 6.45) is 7.20. The van der Waals surface area contributed by atoms with Gasteiger partial charge in [0.05, 0.1) is 6.61 Å². The lowest BCUT2D eigenvalue weighted by Gasteiger charge is -2.34. The first-order valence-corrected chi connectivity index (χ1v) is 15.3. The zero-order chi connectivity index (χ0) is 28.4. The van der Waals surface area contributed by atoms with Crippen LogP contribution in [0.1, 0.15) is 68.6 Å². The Kier molecular flexibility index (Phi) is 10.5. The van der Waals surface area contributed by atoms with Crippen molar-refractivity contribution in [1.29, 1.82) is 0 Å². The first-order valence-electron chi connectivity index (χ1n) is 15.3. The number of ether oxygens (including phenoxy) is 4. The zero-order valence-corrected chi connectivity index (χ0v) is 24.9. The summed E-state index contributed by atoms with van der Waals surface area (Å²) in [5, 5.41) is 0. The molecule has 0 radical (unpaired) electrons. The average Bonchev–Trinajstić information content (AvgIpc) is 3.04. The van der Waals surface area contributed by atoms with Gasteiger partial charge < -0.3 is 23.8 Å². The van der Waals surface area contributed by atoms with Gasteiger partial charge in [-0.1, -0.05) is 61.5 Å². The summed E-state index contributed by atoms with van der Waals surface area (Å²) in [5.74, 6) is 1.50. The molecule has 3 aromatic rings. The van der Waals surface area contributed by atoms with E-state index < -0.39 is 0 Å². The van der Waals surface area contributed by atoms with E-state index >= 15 is 0 Å². The van der Waals surface area contributed by atoms with Crippen molar-refractivity contribution in [2.24, 2.45) is 5.92 Å². The fourth-order valence-corrected chi connectivity index (χ4v) is 6.16. The minimum atomic E-state index is -0.140. The van der Waals surface area contributed by atoms with Crippen molar-refractivity contribution in [1.82, 2.24) is 0 Å². The molecule has 1 unspecified atom stereocenters. The molecule has 41 heavy (non-hydrogen) atoms. The normalized spacial score (nSPS) is 18.8. The van der Waals surface area contributed by atoms with Gasteiger partial charge in [-0.3, -0.25) is 0 Å². The van der Waals surface area contributed by atoms with Gasteiger partial charge in [-0.15, -0.1) is 0 Å². The Morgan fingerprint density at radius 1 is 0.805 bits per heavy atom. The molecule has 2 heterocycles. The van der Waals surface area contributed by atoms with Gasteiger partial charge in [0.2, 0.25) is 0 Å². The minimum Gasteiger partial charge on any atom is -0.465 e. The molecule has 5 heteroatoms. The Labute approximate surface area is 246 Å². The maximum absolute atomic E-state index is 6.13. The number of piperidine rings is 1. The van der Waals surface area contributed by atoms with Gasteiger partial charge in [0.1, 0.15) is 5.75 Å². The molecule has 0 aliphatic carbocycles. The van der Waals surface area contributed by atoms with Gasteiger partial charge in [-0.2, -0.15) is 0 Å². The number of hydrogen-bond donors (Lipinski definition) is 0. The van der Waals surface area contributed by atoms with Gasteiger partial charge in [0, 0.05) is 45.8 Å². The van der Waals surface area contributed by atoms with Crippen molar-refractivity contribution in [3.05, 3.63) is 95.6 Å². The number of benzene rings is 3. The monoisotopic (exact) mass is 555 g/mol. The second-order valence-electron chi connectivity index (χ2n) is 11.1. The van der Waals surface area contributed by atoms with Crippen LogP contribution in [0.15, 0.2) is 78.9 Å². The Hall–Kier alpha value is -3.12. The fraction of sp³-hybridized carbons (Fsp3) is 0.444. The second kappa shape index (κ2) is 14.7. The first-order chi connectivity index (χ1) is 20.2. The van der Waals surface area contributed by atoms with Crippen molar-refractivity contribution in [3.63, 3.8) is 0 Å². The topological polar surface area (TPSA) is 40.2 Å². The number of rotatable bonds is 11. The molecule has 3 aromatic carbocycles. The molecule has 218 valence electrons. The van der Waals surface area contributed by atoms with E-state index in [0.717, 1.165) is 70.4 Å². The van der Waals surface area contributed by atoms with Gasteiger partial charge in [-0.25, -0.2) is 0 Å². The first kappa shape index (κ1) is 29.4. The molecule has 1 atom stereocenters. The highest BCUT2D eigenvalue weighted by Gasteiger charge is 2.23. The van der Waals surface area contributed by atoms with Crippen LogP contribution < -0.4 is 9.64 Å². The maximum Gasteiger partial charge on any atom is 0.199 e. The quantitative estimate of drug-likeness (QED) is 0.176.